The maximum atomic E-state index is 12.4. The molecular formula is C20H19N3O4S. The Balaban J connectivity index is 2.30. The van der Waals surface area contributed by atoms with Crippen LogP contribution in [-0.4, -0.2) is 28.3 Å². The molecule has 1 amide bonds. The minimum Gasteiger partial charge on any atom is -0.396 e. The number of nitro benzene ring substituents is 1. The molecule has 0 unspecified atom stereocenters. The van der Waals surface area contributed by atoms with Crippen LogP contribution in [0.4, 0.5) is 11.4 Å². The average Bonchev–Trinajstić information content (AvgIpc) is 2.66. The van der Waals surface area contributed by atoms with Gasteiger partial charge in [-0.3, -0.25) is 14.9 Å². The number of aliphatic hydroxyl groups is 1. The van der Waals surface area contributed by atoms with Gasteiger partial charge < -0.3 is 10.4 Å². The van der Waals surface area contributed by atoms with Crippen LogP contribution in [0.15, 0.2) is 46.9 Å². The highest BCUT2D eigenvalue weighted by Crippen LogP contribution is 2.30. The number of anilines is 1. The Kier molecular flexibility index (Phi) is 7.32. The number of aliphatic hydroxyl groups excluding tert-OH is 1. The third-order valence-electron chi connectivity index (χ3n) is 3.83. The number of carbonyl (C=O) groups is 1. The van der Waals surface area contributed by atoms with E-state index in [4.69, 9.17) is 5.11 Å². The molecule has 0 radical (unpaired) electrons. The van der Waals surface area contributed by atoms with Gasteiger partial charge in [0.25, 0.3) is 11.6 Å². The van der Waals surface area contributed by atoms with Gasteiger partial charge in [-0.05, 0) is 43.2 Å². The summed E-state index contributed by atoms with van der Waals surface area (Å²) in [6.07, 6.45) is 1.31. The molecule has 0 aliphatic heterocycles. The number of carbonyl (C=O) groups excluding carboxylic acids is 1. The molecule has 0 atom stereocenters. The molecule has 0 aliphatic carbocycles. The van der Waals surface area contributed by atoms with Crippen molar-refractivity contribution in [3.05, 3.63) is 68.8 Å². The van der Waals surface area contributed by atoms with Gasteiger partial charge in [0.15, 0.2) is 0 Å². The second-order valence-corrected chi connectivity index (χ2v) is 7.14. The summed E-state index contributed by atoms with van der Waals surface area (Å²) >= 11 is 1.16. The quantitative estimate of drug-likeness (QED) is 0.241. The van der Waals surface area contributed by atoms with Crippen molar-refractivity contribution < 1.29 is 14.8 Å². The van der Waals surface area contributed by atoms with E-state index in [0.717, 1.165) is 22.9 Å². The Morgan fingerprint density at radius 1 is 1.32 bits per heavy atom. The molecule has 28 heavy (non-hydrogen) atoms. The summed E-state index contributed by atoms with van der Waals surface area (Å²) in [7, 11) is 0. The van der Waals surface area contributed by atoms with E-state index in [0.29, 0.717) is 21.9 Å². The molecule has 7 nitrogen and oxygen atoms in total. The standard InChI is InChI=1S/C20H19N3O4S/c1-13-3-5-17(14(2)9-13)22-20(25)16(12-21)10-15-4-6-19(28-8-7-24)18(11-15)23(26)27/h3-6,9-11,24H,7-8H2,1-2H3,(H,22,25)/b16-10+. The fourth-order valence-corrected chi connectivity index (χ4v) is 3.26. The van der Waals surface area contributed by atoms with Crippen LogP contribution in [0.5, 0.6) is 0 Å². The molecule has 0 aromatic heterocycles. The van der Waals surface area contributed by atoms with Crippen LogP contribution in [0.2, 0.25) is 0 Å². The lowest BCUT2D eigenvalue weighted by molar-refractivity contribution is -0.387. The highest BCUT2D eigenvalue weighted by molar-refractivity contribution is 7.99. The summed E-state index contributed by atoms with van der Waals surface area (Å²) in [6, 6.07) is 11.8. The van der Waals surface area contributed by atoms with Crippen LogP contribution >= 0.6 is 11.8 Å². The van der Waals surface area contributed by atoms with Crippen molar-refractivity contribution in [1.29, 1.82) is 5.26 Å². The van der Waals surface area contributed by atoms with Crippen LogP contribution in [0, 0.1) is 35.3 Å². The van der Waals surface area contributed by atoms with Crippen molar-refractivity contribution in [1.82, 2.24) is 0 Å². The Hall–Kier alpha value is -3.15. The Bertz CT molecular complexity index is 980. The number of nitriles is 1. The van der Waals surface area contributed by atoms with Gasteiger partial charge in [0.1, 0.15) is 11.6 Å². The molecule has 0 heterocycles. The number of nitrogens with zero attached hydrogens (tertiary/aromatic N) is 2. The predicted molar refractivity (Wildman–Crippen MR) is 109 cm³/mol. The van der Waals surface area contributed by atoms with Gasteiger partial charge in [0.2, 0.25) is 0 Å². The highest BCUT2D eigenvalue weighted by atomic mass is 32.2. The largest absolute Gasteiger partial charge is 0.396 e. The Labute approximate surface area is 166 Å². The first-order valence-corrected chi connectivity index (χ1v) is 9.36. The van der Waals surface area contributed by atoms with E-state index in [2.05, 4.69) is 5.32 Å². The summed E-state index contributed by atoms with van der Waals surface area (Å²) in [5, 5.41) is 32.2. The van der Waals surface area contributed by atoms with Crippen molar-refractivity contribution in [3.63, 3.8) is 0 Å². The number of amides is 1. The number of aryl methyl sites for hydroxylation is 2. The lowest BCUT2D eigenvalue weighted by Crippen LogP contribution is -2.14. The summed E-state index contributed by atoms with van der Waals surface area (Å²) in [4.78, 5) is 23.6. The Morgan fingerprint density at radius 3 is 2.68 bits per heavy atom. The van der Waals surface area contributed by atoms with E-state index in [1.807, 2.05) is 32.0 Å². The maximum Gasteiger partial charge on any atom is 0.283 e. The number of hydrogen-bond donors (Lipinski definition) is 2. The molecule has 2 rings (SSSR count). The number of nitrogens with one attached hydrogen (secondary N) is 1. The zero-order chi connectivity index (χ0) is 20.7. The van der Waals surface area contributed by atoms with Gasteiger partial charge in [0.05, 0.1) is 16.4 Å². The molecule has 8 heteroatoms. The number of thioether (sulfide) groups is 1. The fourth-order valence-electron chi connectivity index (χ4n) is 2.50. The number of hydrogen-bond acceptors (Lipinski definition) is 6. The summed E-state index contributed by atoms with van der Waals surface area (Å²) in [5.41, 5.74) is 2.58. The minimum atomic E-state index is -0.587. The molecule has 0 saturated carbocycles. The van der Waals surface area contributed by atoms with Crippen molar-refractivity contribution in [2.24, 2.45) is 0 Å². The molecule has 2 N–H and O–H groups in total. The first-order valence-electron chi connectivity index (χ1n) is 8.38. The van der Waals surface area contributed by atoms with E-state index < -0.39 is 10.8 Å². The normalized spacial score (nSPS) is 11.0. The molecule has 0 aliphatic rings. The summed E-state index contributed by atoms with van der Waals surface area (Å²) < 4.78 is 0. The first-order chi connectivity index (χ1) is 13.3. The number of rotatable bonds is 7. The molecule has 0 fully saturated rings. The average molecular weight is 397 g/mol. The van der Waals surface area contributed by atoms with Crippen molar-refractivity contribution >= 4 is 35.1 Å². The number of nitro groups is 1. The third kappa shape index (κ3) is 5.42. The second kappa shape index (κ2) is 9.69. The molecule has 2 aromatic carbocycles. The van der Waals surface area contributed by atoms with Gasteiger partial charge >= 0.3 is 0 Å². The van der Waals surface area contributed by atoms with E-state index in [-0.39, 0.29) is 17.9 Å². The lowest BCUT2D eigenvalue weighted by atomic mass is 10.1. The molecule has 0 saturated heterocycles. The summed E-state index contributed by atoms with van der Waals surface area (Å²) in [6.45, 7) is 3.69. The van der Waals surface area contributed by atoms with E-state index in [1.54, 1.807) is 18.2 Å². The minimum absolute atomic E-state index is 0.0966. The first kappa shape index (κ1) is 21.2. The van der Waals surface area contributed by atoms with Crippen LogP contribution in [0.1, 0.15) is 16.7 Å². The van der Waals surface area contributed by atoms with Gasteiger partial charge in [-0.25, -0.2) is 0 Å². The van der Waals surface area contributed by atoms with Gasteiger partial charge in [-0.2, -0.15) is 5.26 Å². The monoisotopic (exact) mass is 397 g/mol. The van der Waals surface area contributed by atoms with Gasteiger partial charge in [-0.1, -0.05) is 23.8 Å². The Morgan fingerprint density at radius 2 is 2.07 bits per heavy atom. The maximum absolute atomic E-state index is 12.4. The predicted octanol–water partition coefficient (Wildman–Crippen LogP) is 3.84. The topological polar surface area (TPSA) is 116 Å². The highest BCUT2D eigenvalue weighted by Gasteiger charge is 2.16. The van der Waals surface area contributed by atoms with E-state index in [9.17, 15) is 20.2 Å². The molecule has 2 aromatic rings. The third-order valence-corrected chi connectivity index (χ3v) is 4.88. The summed E-state index contributed by atoms with van der Waals surface area (Å²) in [5.74, 6) is -0.256. The van der Waals surface area contributed by atoms with Crippen LogP contribution in [0.3, 0.4) is 0 Å². The van der Waals surface area contributed by atoms with Crippen molar-refractivity contribution in [2.45, 2.75) is 18.7 Å². The van der Waals surface area contributed by atoms with Crippen molar-refractivity contribution in [3.8, 4) is 6.07 Å². The fraction of sp³-hybridized carbons (Fsp3) is 0.200. The molecule has 0 spiro atoms. The lowest BCUT2D eigenvalue weighted by Gasteiger charge is -2.08. The van der Waals surface area contributed by atoms with Gasteiger partial charge in [-0.15, -0.1) is 11.8 Å². The second-order valence-electron chi connectivity index (χ2n) is 6.00. The van der Waals surface area contributed by atoms with Crippen LogP contribution < -0.4 is 5.32 Å². The van der Waals surface area contributed by atoms with Crippen LogP contribution in [0.25, 0.3) is 6.08 Å². The van der Waals surface area contributed by atoms with E-state index >= 15 is 0 Å². The van der Waals surface area contributed by atoms with Crippen molar-refractivity contribution in [2.75, 3.05) is 17.7 Å². The van der Waals surface area contributed by atoms with E-state index in [1.165, 1.54) is 12.1 Å². The molecule has 144 valence electrons. The smallest absolute Gasteiger partial charge is 0.283 e. The zero-order valence-electron chi connectivity index (χ0n) is 15.4. The SMILES string of the molecule is Cc1ccc(NC(=O)/C(C#N)=C/c2ccc(SCCO)c([N+](=O)[O-])c2)c(C)c1. The molecule has 0 bridgehead atoms. The zero-order valence-corrected chi connectivity index (χ0v) is 16.2. The van der Waals surface area contributed by atoms with Gasteiger partial charge in [0, 0.05) is 17.5 Å². The molecular weight excluding hydrogens is 378 g/mol. The number of benzene rings is 2. The van der Waals surface area contributed by atoms with Crippen LogP contribution in [-0.2, 0) is 4.79 Å².